The van der Waals surface area contributed by atoms with Crippen LogP contribution in [0.25, 0.3) is 16.9 Å². The van der Waals surface area contributed by atoms with Crippen LogP contribution in [0.4, 0.5) is 0 Å². The van der Waals surface area contributed by atoms with Gasteiger partial charge in [0.15, 0.2) is 0 Å². The highest BCUT2D eigenvalue weighted by molar-refractivity contribution is 6.00. The van der Waals surface area contributed by atoms with E-state index in [1.165, 1.54) is 5.56 Å². The van der Waals surface area contributed by atoms with Gasteiger partial charge in [0.05, 0.1) is 11.3 Å². The maximum Gasteiger partial charge on any atom is 0.257 e. The van der Waals surface area contributed by atoms with E-state index in [4.69, 9.17) is 5.10 Å². The lowest BCUT2D eigenvalue weighted by molar-refractivity contribution is -0.122. The molecular formula is C31H32N4O2. The number of aromatic nitrogens is 2. The molecule has 1 fully saturated rings. The van der Waals surface area contributed by atoms with Crippen LogP contribution in [0.1, 0.15) is 40.7 Å². The smallest absolute Gasteiger partial charge is 0.257 e. The molecule has 188 valence electrons. The Kier molecular flexibility index (Phi) is 7.45. The second-order valence-electron chi connectivity index (χ2n) is 9.66. The Balaban J connectivity index is 1.26. The van der Waals surface area contributed by atoms with Gasteiger partial charge < -0.3 is 10.2 Å². The van der Waals surface area contributed by atoms with Gasteiger partial charge in [-0.15, -0.1) is 0 Å². The maximum absolute atomic E-state index is 13.7. The summed E-state index contributed by atoms with van der Waals surface area (Å²) in [6, 6.07) is 28.1. The van der Waals surface area contributed by atoms with Crippen molar-refractivity contribution in [3.63, 3.8) is 0 Å². The van der Waals surface area contributed by atoms with E-state index in [9.17, 15) is 9.59 Å². The van der Waals surface area contributed by atoms with Gasteiger partial charge in [-0.3, -0.25) is 9.59 Å². The van der Waals surface area contributed by atoms with E-state index in [1.807, 2.05) is 96.9 Å². The van der Waals surface area contributed by atoms with E-state index in [0.29, 0.717) is 30.8 Å². The number of hydrogen-bond donors (Lipinski definition) is 1. The van der Waals surface area contributed by atoms with E-state index >= 15 is 0 Å². The molecule has 2 amide bonds. The third-order valence-electron chi connectivity index (χ3n) is 6.89. The molecule has 5 rings (SSSR count). The molecule has 0 bridgehead atoms. The molecule has 0 unspecified atom stereocenters. The molecule has 1 aliphatic heterocycles. The molecule has 6 nitrogen and oxygen atoms in total. The van der Waals surface area contributed by atoms with Gasteiger partial charge >= 0.3 is 0 Å². The number of hydrogen-bond acceptors (Lipinski definition) is 3. The van der Waals surface area contributed by atoms with Crippen LogP contribution in [0.2, 0.25) is 0 Å². The molecule has 1 aromatic heterocycles. The van der Waals surface area contributed by atoms with Crippen molar-refractivity contribution in [1.29, 1.82) is 0 Å². The van der Waals surface area contributed by atoms with E-state index < -0.39 is 0 Å². The first-order valence-corrected chi connectivity index (χ1v) is 12.9. The Morgan fingerprint density at radius 3 is 2.32 bits per heavy atom. The second-order valence-corrected chi connectivity index (χ2v) is 9.66. The summed E-state index contributed by atoms with van der Waals surface area (Å²) in [5, 5.41) is 7.98. The summed E-state index contributed by atoms with van der Waals surface area (Å²) in [6.07, 6.45) is 4.54. The summed E-state index contributed by atoms with van der Waals surface area (Å²) in [6.45, 7) is 3.25. The summed E-state index contributed by atoms with van der Waals surface area (Å²) in [5.41, 5.74) is 5.41. The Bertz CT molecular complexity index is 1360. The Labute approximate surface area is 217 Å². The number of carbonyl (C=O) groups excluding carboxylic acids is 2. The van der Waals surface area contributed by atoms with Gasteiger partial charge in [0, 0.05) is 37.3 Å². The number of amides is 2. The Morgan fingerprint density at radius 1 is 0.919 bits per heavy atom. The molecular weight excluding hydrogens is 460 g/mol. The zero-order valence-electron chi connectivity index (χ0n) is 21.1. The highest BCUT2D eigenvalue weighted by Crippen LogP contribution is 2.27. The molecule has 3 aromatic carbocycles. The lowest BCUT2D eigenvalue weighted by Gasteiger charge is -2.32. The molecule has 2 heterocycles. The molecule has 6 heteroatoms. The van der Waals surface area contributed by atoms with Crippen LogP contribution < -0.4 is 5.32 Å². The van der Waals surface area contributed by atoms with Crippen LogP contribution in [0.5, 0.6) is 0 Å². The van der Waals surface area contributed by atoms with Gasteiger partial charge in [-0.1, -0.05) is 72.3 Å². The predicted octanol–water partition coefficient (Wildman–Crippen LogP) is 5.20. The van der Waals surface area contributed by atoms with E-state index in [1.54, 1.807) is 4.68 Å². The maximum atomic E-state index is 13.7. The first-order valence-electron chi connectivity index (χ1n) is 12.9. The van der Waals surface area contributed by atoms with E-state index in [0.717, 1.165) is 36.1 Å². The highest BCUT2D eigenvalue weighted by atomic mass is 16.2. The van der Waals surface area contributed by atoms with Crippen molar-refractivity contribution in [2.75, 3.05) is 13.1 Å². The number of rotatable bonds is 7. The van der Waals surface area contributed by atoms with Crippen LogP contribution in [-0.4, -0.2) is 45.6 Å². The summed E-state index contributed by atoms with van der Waals surface area (Å²) in [4.78, 5) is 28.1. The largest absolute Gasteiger partial charge is 0.353 e. The van der Waals surface area contributed by atoms with Crippen molar-refractivity contribution < 1.29 is 9.59 Å². The third kappa shape index (κ3) is 5.97. The van der Waals surface area contributed by atoms with Crippen molar-refractivity contribution in [3.05, 3.63) is 108 Å². The van der Waals surface area contributed by atoms with Crippen LogP contribution >= 0.6 is 0 Å². The van der Waals surface area contributed by atoms with Crippen LogP contribution in [0, 0.1) is 6.92 Å². The van der Waals surface area contributed by atoms with E-state index in [-0.39, 0.29) is 17.9 Å². The molecule has 37 heavy (non-hydrogen) atoms. The molecule has 0 radical (unpaired) electrons. The predicted molar refractivity (Wildman–Crippen MR) is 146 cm³/mol. The van der Waals surface area contributed by atoms with Crippen molar-refractivity contribution in [3.8, 4) is 16.9 Å². The molecule has 0 spiro atoms. The molecule has 4 aromatic rings. The van der Waals surface area contributed by atoms with Gasteiger partial charge in [-0.25, -0.2) is 4.68 Å². The molecule has 0 saturated carbocycles. The minimum atomic E-state index is -0.0208. The summed E-state index contributed by atoms with van der Waals surface area (Å²) >= 11 is 0. The van der Waals surface area contributed by atoms with Crippen molar-refractivity contribution in [1.82, 2.24) is 20.0 Å². The Hall–Kier alpha value is -4.19. The van der Waals surface area contributed by atoms with Gasteiger partial charge in [0.25, 0.3) is 5.91 Å². The number of nitrogens with one attached hydrogen (secondary N) is 1. The SMILES string of the molecule is Cc1cccc(-c2nn(-c3ccccc3)cc2C(=O)N2CCC(NC(=O)CCc3ccccc3)CC2)c1. The number of carbonyl (C=O) groups is 2. The van der Waals surface area contributed by atoms with Gasteiger partial charge in [-0.05, 0) is 49.9 Å². The third-order valence-corrected chi connectivity index (χ3v) is 6.89. The lowest BCUT2D eigenvalue weighted by Crippen LogP contribution is -2.46. The first kappa shape index (κ1) is 24.5. The molecule has 0 aliphatic carbocycles. The second kappa shape index (κ2) is 11.2. The number of piperidine rings is 1. The zero-order valence-corrected chi connectivity index (χ0v) is 21.1. The van der Waals surface area contributed by atoms with Crippen LogP contribution in [0.15, 0.2) is 91.1 Å². The van der Waals surface area contributed by atoms with Crippen LogP contribution in [0.3, 0.4) is 0 Å². The van der Waals surface area contributed by atoms with Gasteiger partial charge in [0.2, 0.25) is 5.91 Å². The normalized spacial score (nSPS) is 13.9. The number of benzene rings is 3. The fourth-order valence-electron chi connectivity index (χ4n) is 4.85. The average molecular weight is 493 g/mol. The highest BCUT2D eigenvalue weighted by Gasteiger charge is 2.28. The summed E-state index contributed by atoms with van der Waals surface area (Å²) in [7, 11) is 0. The topological polar surface area (TPSA) is 67.2 Å². The lowest BCUT2D eigenvalue weighted by atomic mass is 10.0. The zero-order chi connectivity index (χ0) is 25.6. The first-order chi connectivity index (χ1) is 18.1. The van der Waals surface area contributed by atoms with Crippen LogP contribution in [-0.2, 0) is 11.2 Å². The minimum absolute atomic E-state index is 0.0208. The molecule has 1 saturated heterocycles. The van der Waals surface area contributed by atoms with Crippen molar-refractivity contribution in [2.45, 2.75) is 38.6 Å². The van der Waals surface area contributed by atoms with Gasteiger partial charge in [0.1, 0.15) is 5.69 Å². The molecule has 1 aliphatic rings. The van der Waals surface area contributed by atoms with Crippen molar-refractivity contribution >= 4 is 11.8 Å². The monoisotopic (exact) mass is 492 g/mol. The standard InChI is InChI=1S/C31H32N4O2/c1-23-9-8-12-25(21-23)30-28(22-35(33-30)27-13-6-3-7-14-27)31(37)34-19-17-26(18-20-34)32-29(36)16-15-24-10-4-2-5-11-24/h2-14,21-22,26H,15-20H2,1H3,(H,32,36). The fourth-order valence-corrected chi connectivity index (χ4v) is 4.85. The molecule has 1 N–H and O–H groups in total. The Morgan fingerprint density at radius 2 is 1.62 bits per heavy atom. The number of para-hydroxylation sites is 1. The van der Waals surface area contributed by atoms with E-state index in [2.05, 4.69) is 11.4 Å². The van der Waals surface area contributed by atoms with Gasteiger partial charge in [-0.2, -0.15) is 5.10 Å². The number of likely N-dealkylation sites (tertiary alicyclic amines) is 1. The quantitative estimate of drug-likeness (QED) is 0.386. The number of nitrogens with zero attached hydrogens (tertiary/aromatic N) is 3. The number of aryl methyl sites for hydroxylation is 2. The van der Waals surface area contributed by atoms with Crippen molar-refractivity contribution in [2.24, 2.45) is 0 Å². The minimum Gasteiger partial charge on any atom is -0.353 e. The summed E-state index contributed by atoms with van der Waals surface area (Å²) < 4.78 is 1.78. The fraction of sp³-hybridized carbons (Fsp3) is 0.258. The summed E-state index contributed by atoms with van der Waals surface area (Å²) in [5.74, 6) is 0.0482. The molecule has 0 atom stereocenters. The average Bonchev–Trinajstić information content (AvgIpc) is 3.39.